The van der Waals surface area contributed by atoms with Crippen molar-refractivity contribution in [1.82, 2.24) is 0 Å². The minimum absolute atomic E-state index is 1.16. The van der Waals surface area contributed by atoms with Crippen molar-refractivity contribution in [3.63, 3.8) is 0 Å². The highest BCUT2D eigenvalue weighted by Gasteiger charge is 2.30. The lowest BCUT2D eigenvalue weighted by molar-refractivity contribution is 0.285. The highest BCUT2D eigenvalue weighted by molar-refractivity contribution is 6.42. The van der Waals surface area contributed by atoms with Crippen LogP contribution in [-0.2, 0) is 8.85 Å². The predicted octanol–water partition coefficient (Wildman–Crippen LogP) is 2.33. The van der Waals surface area contributed by atoms with Gasteiger partial charge in [0.2, 0.25) is 0 Å². The monoisotopic (exact) mass is 202 g/mol. The predicted molar refractivity (Wildman–Crippen MR) is 57.1 cm³/mol. The Hall–Kier alpha value is 0.137. The Balaban J connectivity index is 0.000000133. The lowest BCUT2D eigenvalue weighted by atomic mass is 10.0. The number of hydrogen-bond acceptors (Lipinski definition) is 2. The number of fused-ring (bicyclic) bond motifs is 2. The topological polar surface area (TPSA) is 18.5 Å². The fraction of sp³-hybridized carbons (Fsp3) is 1.00. The van der Waals surface area contributed by atoms with Gasteiger partial charge in [0, 0.05) is 14.2 Å². The molecule has 0 atom stereocenters. The molecular formula is C10H22O2Si. The van der Waals surface area contributed by atoms with E-state index in [9.17, 15) is 0 Å². The van der Waals surface area contributed by atoms with Crippen LogP contribution in [0.5, 0.6) is 0 Å². The summed E-state index contributed by atoms with van der Waals surface area (Å²) in [7, 11) is 2.17. The van der Waals surface area contributed by atoms with Gasteiger partial charge in [-0.2, -0.15) is 0 Å². The normalized spacial score (nSPS) is 30.5. The molecule has 0 N–H and O–H groups in total. The Morgan fingerprint density at radius 2 is 1.31 bits per heavy atom. The second-order valence-electron chi connectivity index (χ2n) is 4.16. The van der Waals surface area contributed by atoms with E-state index in [0.29, 0.717) is 0 Å². The van der Waals surface area contributed by atoms with Crippen LogP contribution in [0.15, 0.2) is 0 Å². The summed E-state index contributed by atoms with van der Waals surface area (Å²) in [6, 6.07) is 0. The lowest BCUT2D eigenvalue weighted by Gasteiger charge is -2.05. The fourth-order valence-corrected chi connectivity index (χ4v) is 2.46. The Morgan fingerprint density at radius 3 is 1.38 bits per heavy atom. The van der Waals surface area contributed by atoms with E-state index in [0.717, 1.165) is 0 Å². The van der Waals surface area contributed by atoms with E-state index in [1.165, 1.54) is 11.8 Å². The Morgan fingerprint density at radius 1 is 0.923 bits per heavy atom. The molecule has 2 nitrogen and oxygen atoms in total. The van der Waals surface area contributed by atoms with E-state index in [1.54, 1.807) is 46.3 Å². The second-order valence-corrected chi connectivity index (χ2v) is 6.24. The van der Waals surface area contributed by atoms with Gasteiger partial charge < -0.3 is 8.85 Å². The summed E-state index contributed by atoms with van der Waals surface area (Å²) in [6.07, 6.45) is 7.82. The standard InChI is InChI=1S/C7H12.C3H10O2Si/c1-2-7-4-3-6(1)5-7;1-4-6(3)5-2/h6-7H,1-5H2;6H,1-3H3. The first kappa shape index (κ1) is 11.2. The molecule has 2 aliphatic carbocycles. The van der Waals surface area contributed by atoms with Crippen molar-refractivity contribution in [2.75, 3.05) is 14.2 Å². The molecule has 78 valence electrons. The molecule has 0 aromatic rings. The van der Waals surface area contributed by atoms with Crippen LogP contribution >= 0.6 is 0 Å². The van der Waals surface area contributed by atoms with E-state index >= 15 is 0 Å². The first-order valence-corrected chi connectivity index (χ1v) is 7.41. The van der Waals surface area contributed by atoms with Crippen LogP contribution in [0.4, 0.5) is 0 Å². The molecule has 0 heterocycles. The van der Waals surface area contributed by atoms with Gasteiger partial charge in [0.15, 0.2) is 0 Å². The van der Waals surface area contributed by atoms with Gasteiger partial charge in [-0.3, -0.25) is 0 Å². The van der Waals surface area contributed by atoms with Crippen molar-refractivity contribution >= 4 is 9.28 Å². The SMILES string of the molecule is C1CC2CCC1C2.CO[SiH](C)OC. The zero-order valence-corrected chi connectivity index (χ0v) is 10.2. The molecule has 0 radical (unpaired) electrons. The van der Waals surface area contributed by atoms with Crippen LogP contribution < -0.4 is 0 Å². The maximum Gasteiger partial charge on any atom is 0.317 e. The van der Waals surface area contributed by atoms with Crippen molar-refractivity contribution in [2.24, 2.45) is 11.8 Å². The zero-order chi connectivity index (χ0) is 9.68. The van der Waals surface area contributed by atoms with E-state index in [2.05, 4.69) is 0 Å². The molecule has 2 fully saturated rings. The zero-order valence-electron chi connectivity index (χ0n) is 9.08. The third-order valence-corrected chi connectivity index (χ3v) is 4.62. The maximum absolute atomic E-state index is 4.82. The van der Waals surface area contributed by atoms with Crippen molar-refractivity contribution in [1.29, 1.82) is 0 Å². The first-order chi connectivity index (χ1) is 6.26. The molecule has 0 aromatic heterocycles. The van der Waals surface area contributed by atoms with Crippen LogP contribution in [0.3, 0.4) is 0 Å². The van der Waals surface area contributed by atoms with Crippen LogP contribution in [0.25, 0.3) is 0 Å². The molecule has 2 saturated carbocycles. The summed E-state index contributed by atoms with van der Waals surface area (Å²) < 4.78 is 9.63. The molecule has 0 aliphatic heterocycles. The van der Waals surface area contributed by atoms with E-state index in [-0.39, 0.29) is 0 Å². The van der Waals surface area contributed by atoms with Crippen LogP contribution in [0, 0.1) is 11.8 Å². The first-order valence-electron chi connectivity index (χ1n) is 5.31. The van der Waals surface area contributed by atoms with E-state index in [4.69, 9.17) is 8.85 Å². The molecule has 0 aromatic carbocycles. The van der Waals surface area contributed by atoms with E-state index in [1.807, 2.05) is 6.55 Å². The summed E-state index contributed by atoms with van der Waals surface area (Å²) in [6.45, 7) is 1.97. The quantitative estimate of drug-likeness (QED) is 0.640. The molecule has 2 rings (SSSR count). The summed E-state index contributed by atoms with van der Waals surface area (Å²) in [5.41, 5.74) is 0. The highest BCUT2D eigenvalue weighted by atomic mass is 28.3. The Bertz CT molecular complexity index is 119. The molecule has 2 bridgehead atoms. The third-order valence-electron chi connectivity index (χ3n) is 3.30. The van der Waals surface area contributed by atoms with Crippen LogP contribution in [0.2, 0.25) is 6.55 Å². The van der Waals surface area contributed by atoms with Gasteiger partial charge in [-0.25, -0.2) is 0 Å². The average molecular weight is 202 g/mol. The molecule has 2 aliphatic rings. The van der Waals surface area contributed by atoms with E-state index < -0.39 is 9.28 Å². The van der Waals surface area contributed by atoms with Crippen molar-refractivity contribution < 1.29 is 8.85 Å². The molecule has 0 amide bonds. The van der Waals surface area contributed by atoms with Gasteiger partial charge in [-0.05, 0) is 24.8 Å². The van der Waals surface area contributed by atoms with Gasteiger partial charge in [-0.1, -0.05) is 25.7 Å². The molecule has 3 heteroatoms. The molecule has 13 heavy (non-hydrogen) atoms. The average Bonchev–Trinajstić information content (AvgIpc) is 2.81. The van der Waals surface area contributed by atoms with Gasteiger partial charge in [0.25, 0.3) is 0 Å². The van der Waals surface area contributed by atoms with Gasteiger partial charge >= 0.3 is 9.28 Å². The summed E-state index contributed by atoms with van der Waals surface area (Å²) in [5, 5.41) is 0. The van der Waals surface area contributed by atoms with Gasteiger partial charge in [0.05, 0.1) is 0 Å². The van der Waals surface area contributed by atoms with Crippen LogP contribution in [0.1, 0.15) is 32.1 Å². The minimum atomic E-state index is -1.16. The summed E-state index contributed by atoms with van der Waals surface area (Å²) >= 11 is 0. The third kappa shape index (κ3) is 3.79. The summed E-state index contributed by atoms with van der Waals surface area (Å²) in [5.74, 6) is 2.34. The van der Waals surface area contributed by atoms with Gasteiger partial charge in [-0.15, -0.1) is 0 Å². The highest BCUT2D eigenvalue weighted by Crippen LogP contribution is 2.43. The van der Waals surface area contributed by atoms with Crippen molar-refractivity contribution in [2.45, 2.75) is 38.7 Å². The second kappa shape index (κ2) is 5.78. The number of rotatable bonds is 2. The molecule has 0 saturated heterocycles. The Labute approximate surface area is 83.5 Å². The molecular weight excluding hydrogens is 180 g/mol. The lowest BCUT2D eigenvalue weighted by Crippen LogP contribution is -2.12. The smallest absolute Gasteiger partial charge is 0.317 e. The summed E-state index contributed by atoms with van der Waals surface area (Å²) in [4.78, 5) is 0. The Kier molecular flexibility index (Phi) is 4.99. The molecule has 0 unspecified atom stereocenters. The minimum Gasteiger partial charge on any atom is -0.400 e. The van der Waals surface area contributed by atoms with Crippen molar-refractivity contribution in [3.8, 4) is 0 Å². The maximum atomic E-state index is 4.82. The largest absolute Gasteiger partial charge is 0.400 e. The fourth-order valence-electron chi connectivity index (χ4n) is 2.27. The molecule has 0 spiro atoms. The van der Waals surface area contributed by atoms with Crippen molar-refractivity contribution in [3.05, 3.63) is 0 Å². The number of hydrogen-bond donors (Lipinski definition) is 0. The van der Waals surface area contributed by atoms with Crippen LogP contribution in [-0.4, -0.2) is 23.5 Å². The van der Waals surface area contributed by atoms with Gasteiger partial charge in [0.1, 0.15) is 0 Å².